The Morgan fingerprint density at radius 1 is 0.646 bits per heavy atom. The second-order valence-corrected chi connectivity index (χ2v) is 12.1. The number of thioether (sulfide) groups is 1. The summed E-state index contributed by atoms with van der Waals surface area (Å²) >= 11 is 1.42. The quantitative estimate of drug-likeness (QED) is 0.0831. The minimum Gasteiger partial charge on any atom is -0.457 e. The molecule has 6 rings (SSSR count). The van der Waals surface area contributed by atoms with Gasteiger partial charge in [-0.25, -0.2) is 0 Å². The van der Waals surface area contributed by atoms with Gasteiger partial charge in [-0.1, -0.05) is 103 Å². The topological polar surface area (TPSA) is 88.4 Å². The molecule has 0 bridgehead atoms. The molecule has 0 unspecified atom stereocenters. The summed E-state index contributed by atoms with van der Waals surface area (Å²) in [6, 6.07) is 45.1. The summed E-state index contributed by atoms with van der Waals surface area (Å²) in [4.78, 5) is 40.3. The molecule has 2 amide bonds. The zero-order valence-electron chi connectivity index (χ0n) is 26.2. The molecule has 236 valence electrons. The van der Waals surface area contributed by atoms with E-state index < -0.39 is 11.8 Å². The molecular weight excluding hydrogens is 617 g/mol. The largest absolute Gasteiger partial charge is 0.457 e. The summed E-state index contributed by atoms with van der Waals surface area (Å²) in [7, 11) is 0. The van der Waals surface area contributed by atoms with Crippen molar-refractivity contribution in [1.82, 2.24) is 5.32 Å². The maximum atomic E-state index is 13.5. The molecule has 0 atom stereocenters. The van der Waals surface area contributed by atoms with Crippen LogP contribution >= 0.6 is 11.8 Å². The van der Waals surface area contributed by atoms with E-state index >= 15 is 0 Å². The number of hydrogen-bond donors (Lipinski definition) is 2. The van der Waals surface area contributed by atoms with Gasteiger partial charge < -0.3 is 15.1 Å². The number of rotatable bonds is 11. The van der Waals surface area contributed by atoms with E-state index in [1.807, 2.05) is 110 Å². The van der Waals surface area contributed by atoms with Crippen LogP contribution in [0.3, 0.4) is 0 Å². The molecule has 0 saturated carbocycles. The van der Waals surface area contributed by atoms with Gasteiger partial charge in [0.25, 0.3) is 11.8 Å². The number of benzene rings is 5. The van der Waals surface area contributed by atoms with Crippen LogP contribution in [-0.2, 0) is 4.79 Å². The maximum absolute atomic E-state index is 13.5. The number of nitrogens with one attached hydrogen (secondary N) is 2. The molecule has 0 aliphatic heterocycles. The molecule has 5 aromatic carbocycles. The number of carbonyl (C=O) groups excluding carboxylic acids is 3. The Balaban J connectivity index is 1.11. The fraction of sp³-hybridized carbons (Fsp3) is 0.0488. The number of carbonyl (C=O) groups is 3. The van der Waals surface area contributed by atoms with Crippen LogP contribution in [0.4, 0.5) is 5.69 Å². The second kappa shape index (κ2) is 15.1. The summed E-state index contributed by atoms with van der Waals surface area (Å²) in [5, 5.41) is 5.60. The van der Waals surface area contributed by atoms with Gasteiger partial charge >= 0.3 is 0 Å². The van der Waals surface area contributed by atoms with Crippen LogP contribution < -0.4 is 10.6 Å². The minimum atomic E-state index is -0.512. The van der Waals surface area contributed by atoms with E-state index in [0.29, 0.717) is 28.3 Å². The smallest absolute Gasteiger partial charge is 0.272 e. The van der Waals surface area contributed by atoms with Crippen LogP contribution in [0.1, 0.15) is 32.0 Å². The molecule has 0 spiro atoms. The van der Waals surface area contributed by atoms with Crippen molar-refractivity contribution in [2.24, 2.45) is 0 Å². The minimum absolute atomic E-state index is 0.0241. The average Bonchev–Trinajstić information content (AvgIpc) is 3.60. The average molecular weight is 649 g/mol. The van der Waals surface area contributed by atoms with Gasteiger partial charge in [0.2, 0.25) is 0 Å². The van der Waals surface area contributed by atoms with Gasteiger partial charge in [-0.15, -0.1) is 11.8 Å². The lowest BCUT2D eigenvalue weighted by atomic mass is 10.0. The van der Waals surface area contributed by atoms with E-state index in [2.05, 4.69) is 10.6 Å². The van der Waals surface area contributed by atoms with E-state index in [9.17, 15) is 14.4 Å². The van der Waals surface area contributed by atoms with Gasteiger partial charge in [-0.05, 0) is 66.6 Å². The molecule has 1 aromatic heterocycles. The van der Waals surface area contributed by atoms with Crippen molar-refractivity contribution >= 4 is 41.1 Å². The monoisotopic (exact) mass is 648 g/mol. The molecule has 48 heavy (non-hydrogen) atoms. The molecule has 7 heteroatoms. The number of furan rings is 1. The lowest BCUT2D eigenvalue weighted by molar-refractivity contribution is -0.113. The van der Waals surface area contributed by atoms with Crippen molar-refractivity contribution in [3.8, 4) is 22.5 Å². The lowest BCUT2D eigenvalue weighted by Gasteiger charge is -2.11. The van der Waals surface area contributed by atoms with Crippen molar-refractivity contribution < 1.29 is 18.8 Å². The number of aryl methyl sites for hydroxylation is 1. The summed E-state index contributed by atoms with van der Waals surface area (Å²) < 4.78 is 6.01. The van der Waals surface area contributed by atoms with Crippen molar-refractivity contribution in [3.63, 3.8) is 0 Å². The van der Waals surface area contributed by atoms with Gasteiger partial charge in [0, 0.05) is 33.3 Å². The molecule has 0 radical (unpaired) electrons. The molecule has 2 N–H and O–H groups in total. The number of Topliss-reactive ketones (excluding diaryl/α,β-unsaturated/α-hetero) is 1. The Hall–Kier alpha value is -5.92. The first-order valence-electron chi connectivity index (χ1n) is 15.4. The Kier molecular flexibility index (Phi) is 10.1. The van der Waals surface area contributed by atoms with E-state index in [4.69, 9.17) is 4.42 Å². The third-order valence-electron chi connectivity index (χ3n) is 7.57. The van der Waals surface area contributed by atoms with E-state index in [-0.39, 0.29) is 17.2 Å². The fourth-order valence-electron chi connectivity index (χ4n) is 4.93. The number of ketones is 1. The third-order valence-corrected chi connectivity index (χ3v) is 8.59. The van der Waals surface area contributed by atoms with E-state index in [0.717, 1.165) is 27.1 Å². The SMILES string of the molecule is Cc1ccc(-c2ccc(/C=C(\NC(=O)c3ccccc3)C(=O)Nc3ccc(SCC(=O)c4ccc(-c5ccccc5)cc4)cc3)o2)cc1. The van der Waals surface area contributed by atoms with Crippen LogP contribution in [0.15, 0.2) is 161 Å². The predicted octanol–water partition coefficient (Wildman–Crippen LogP) is 9.31. The van der Waals surface area contributed by atoms with Gasteiger partial charge in [-0.3, -0.25) is 14.4 Å². The molecular formula is C41H32N2O4S. The Bertz CT molecular complexity index is 2050. The van der Waals surface area contributed by atoms with Crippen LogP contribution in [0.2, 0.25) is 0 Å². The van der Waals surface area contributed by atoms with Crippen molar-refractivity contribution in [2.75, 3.05) is 11.1 Å². The molecule has 0 aliphatic rings. The molecule has 0 saturated heterocycles. The standard InChI is InChI=1S/C41H32N2O4S/c1-28-12-14-32(15-13-28)39-25-22-35(47-39)26-37(43-40(45)33-10-6-3-7-11-33)41(46)42-34-20-23-36(24-21-34)48-27-38(44)31-18-16-30(17-19-31)29-8-4-2-5-9-29/h2-26H,27H2,1H3,(H,42,46)(H,43,45)/b37-26-. The highest BCUT2D eigenvalue weighted by molar-refractivity contribution is 8.00. The molecule has 6 nitrogen and oxygen atoms in total. The van der Waals surface area contributed by atoms with Crippen LogP contribution in [0.25, 0.3) is 28.5 Å². The number of amides is 2. The molecule has 0 aliphatic carbocycles. The Morgan fingerprint density at radius 2 is 1.27 bits per heavy atom. The van der Waals surface area contributed by atoms with Gasteiger partial charge in [0.15, 0.2) is 5.78 Å². The summed E-state index contributed by atoms with van der Waals surface area (Å²) in [5.74, 6) is 0.434. The molecule has 1 heterocycles. The number of anilines is 1. The third kappa shape index (κ3) is 8.26. The van der Waals surface area contributed by atoms with E-state index in [1.165, 1.54) is 17.8 Å². The predicted molar refractivity (Wildman–Crippen MR) is 193 cm³/mol. The van der Waals surface area contributed by atoms with Gasteiger partial charge in [-0.2, -0.15) is 0 Å². The Morgan fingerprint density at radius 3 is 1.96 bits per heavy atom. The summed E-state index contributed by atoms with van der Waals surface area (Å²) in [6.45, 7) is 2.01. The second-order valence-electron chi connectivity index (χ2n) is 11.1. The Labute approximate surface area is 283 Å². The molecule has 6 aromatic rings. The van der Waals surface area contributed by atoms with Crippen molar-refractivity contribution in [2.45, 2.75) is 11.8 Å². The zero-order chi connectivity index (χ0) is 33.3. The first-order valence-corrected chi connectivity index (χ1v) is 16.4. The fourth-order valence-corrected chi connectivity index (χ4v) is 5.73. The maximum Gasteiger partial charge on any atom is 0.272 e. The normalized spacial score (nSPS) is 11.1. The number of hydrogen-bond acceptors (Lipinski definition) is 5. The van der Waals surface area contributed by atoms with Gasteiger partial charge in [0.05, 0.1) is 5.75 Å². The van der Waals surface area contributed by atoms with Crippen molar-refractivity contribution in [1.29, 1.82) is 0 Å². The summed E-state index contributed by atoms with van der Waals surface area (Å²) in [5.41, 5.74) is 5.84. The zero-order valence-corrected chi connectivity index (χ0v) is 27.0. The highest BCUT2D eigenvalue weighted by Gasteiger charge is 2.17. The van der Waals surface area contributed by atoms with Crippen molar-refractivity contribution in [3.05, 3.63) is 174 Å². The highest BCUT2D eigenvalue weighted by Crippen LogP contribution is 2.26. The van der Waals surface area contributed by atoms with Gasteiger partial charge in [0.1, 0.15) is 17.2 Å². The first kappa shape index (κ1) is 32.0. The van der Waals surface area contributed by atoms with E-state index in [1.54, 1.807) is 42.5 Å². The summed E-state index contributed by atoms with van der Waals surface area (Å²) in [6.07, 6.45) is 1.51. The molecule has 0 fully saturated rings. The first-order chi connectivity index (χ1) is 23.4. The highest BCUT2D eigenvalue weighted by atomic mass is 32.2. The lowest BCUT2D eigenvalue weighted by Crippen LogP contribution is -2.30. The van der Waals surface area contributed by atoms with Crippen LogP contribution in [0.5, 0.6) is 0 Å². The van der Waals surface area contributed by atoms with Crippen LogP contribution in [-0.4, -0.2) is 23.4 Å². The van der Waals surface area contributed by atoms with Crippen LogP contribution in [0, 0.1) is 6.92 Å².